The third-order valence-corrected chi connectivity index (χ3v) is 7.97. The van der Waals surface area contributed by atoms with Crippen molar-refractivity contribution in [2.45, 2.75) is 25.8 Å². The second kappa shape index (κ2) is 11.9. The molecule has 1 fully saturated rings. The summed E-state index contributed by atoms with van der Waals surface area (Å²) in [6.45, 7) is 7.79. The number of carbonyl (C=O) groups is 1. The Kier molecular flexibility index (Phi) is 7.96. The highest BCUT2D eigenvalue weighted by molar-refractivity contribution is 6.31. The molecule has 0 aliphatic carbocycles. The molecule has 2 aliphatic heterocycles. The van der Waals surface area contributed by atoms with Crippen LogP contribution in [0.1, 0.15) is 34.8 Å². The standard InChI is InChI=1S/C32H34ClN3O4/c1-22-3-8-26(9-4-22)40-32(37)36-15-13-27-28-21-24(33)7-12-29(28)34-30(27)31(36)23-5-10-25(11-6-23)39-18-2-14-35-16-19-38-20-17-35/h3-12,21,31,34H,2,13-20H2,1H3. The maximum atomic E-state index is 13.5. The zero-order valence-electron chi connectivity index (χ0n) is 22.7. The third kappa shape index (κ3) is 5.82. The van der Waals surface area contributed by atoms with Gasteiger partial charge in [0.25, 0.3) is 0 Å². The van der Waals surface area contributed by atoms with Gasteiger partial charge in [-0.25, -0.2) is 4.79 Å². The SMILES string of the molecule is Cc1ccc(OC(=O)N2CCc3c([nH]c4ccc(Cl)cc34)C2c2ccc(OCCCN3CCOCC3)cc2)cc1. The van der Waals surface area contributed by atoms with Gasteiger partial charge in [0.15, 0.2) is 0 Å². The van der Waals surface area contributed by atoms with Crippen LogP contribution in [-0.2, 0) is 11.2 Å². The number of nitrogens with one attached hydrogen (secondary N) is 1. The van der Waals surface area contributed by atoms with E-state index in [2.05, 4.69) is 9.88 Å². The zero-order chi connectivity index (χ0) is 27.5. The quantitative estimate of drug-likeness (QED) is 0.266. The number of hydrogen-bond donors (Lipinski definition) is 1. The normalized spacial score (nSPS) is 17.6. The van der Waals surface area contributed by atoms with E-state index >= 15 is 0 Å². The first-order valence-electron chi connectivity index (χ1n) is 13.9. The number of hydrogen-bond acceptors (Lipinski definition) is 5. The van der Waals surface area contributed by atoms with Gasteiger partial charge in [0.1, 0.15) is 17.5 Å². The van der Waals surface area contributed by atoms with Gasteiger partial charge in [-0.2, -0.15) is 0 Å². The van der Waals surface area contributed by atoms with Crippen molar-refractivity contribution in [2.75, 3.05) is 46.0 Å². The van der Waals surface area contributed by atoms with E-state index in [1.54, 1.807) is 4.90 Å². The van der Waals surface area contributed by atoms with Crippen LogP contribution in [0.3, 0.4) is 0 Å². The number of benzene rings is 3. The van der Waals surface area contributed by atoms with Gasteiger partial charge in [0.2, 0.25) is 0 Å². The fraction of sp³-hybridized carbons (Fsp3) is 0.344. The molecule has 1 aromatic heterocycles. The van der Waals surface area contributed by atoms with Crippen molar-refractivity contribution in [2.24, 2.45) is 0 Å². The molecule has 3 heterocycles. The van der Waals surface area contributed by atoms with E-state index in [4.69, 9.17) is 25.8 Å². The van der Waals surface area contributed by atoms with Crippen LogP contribution in [0.2, 0.25) is 5.02 Å². The van der Waals surface area contributed by atoms with E-state index in [-0.39, 0.29) is 12.1 Å². The third-order valence-electron chi connectivity index (χ3n) is 7.74. The molecule has 7 nitrogen and oxygen atoms in total. The first-order valence-corrected chi connectivity index (χ1v) is 14.3. The van der Waals surface area contributed by atoms with Crippen LogP contribution in [-0.4, -0.2) is 66.9 Å². The lowest BCUT2D eigenvalue weighted by molar-refractivity contribution is 0.0358. The summed E-state index contributed by atoms with van der Waals surface area (Å²) in [7, 11) is 0. The van der Waals surface area contributed by atoms with Crippen molar-refractivity contribution in [3.8, 4) is 11.5 Å². The Morgan fingerprint density at radius 2 is 1.75 bits per heavy atom. The van der Waals surface area contributed by atoms with Gasteiger partial charge < -0.3 is 19.2 Å². The number of halogens is 1. The van der Waals surface area contributed by atoms with Crippen LogP contribution in [0.15, 0.2) is 66.7 Å². The minimum Gasteiger partial charge on any atom is -0.494 e. The average Bonchev–Trinajstić information content (AvgIpc) is 3.35. The molecular formula is C32H34ClN3O4. The van der Waals surface area contributed by atoms with Crippen molar-refractivity contribution >= 4 is 28.6 Å². The fourth-order valence-electron chi connectivity index (χ4n) is 5.62. The van der Waals surface area contributed by atoms with Crippen LogP contribution in [0.5, 0.6) is 11.5 Å². The Hall–Kier alpha value is -3.52. The Balaban J connectivity index is 1.22. The van der Waals surface area contributed by atoms with Gasteiger partial charge in [-0.1, -0.05) is 41.4 Å². The highest BCUT2D eigenvalue weighted by atomic mass is 35.5. The van der Waals surface area contributed by atoms with E-state index < -0.39 is 0 Å². The summed E-state index contributed by atoms with van der Waals surface area (Å²) >= 11 is 6.35. The van der Waals surface area contributed by atoms with Gasteiger partial charge in [-0.3, -0.25) is 9.80 Å². The highest BCUT2D eigenvalue weighted by Crippen LogP contribution is 2.40. The molecule has 0 spiro atoms. The number of aromatic amines is 1. The maximum absolute atomic E-state index is 13.5. The lowest BCUT2D eigenvalue weighted by Crippen LogP contribution is -2.42. The van der Waals surface area contributed by atoms with E-state index in [9.17, 15) is 4.79 Å². The Morgan fingerprint density at radius 3 is 2.52 bits per heavy atom. The molecule has 1 unspecified atom stereocenters. The number of aryl methyl sites for hydroxylation is 1. The van der Waals surface area contributed by atoms with Crippen LogP contribution in [0.4, 0.5) is 4.79 Å². The van der Waals surface area contributed by atoms with E-state index in [1.807, 2.05) is 73.7 Å². The second-order valence-corrected chi connectivity index (χ2v) is 10.9. The summed E-state index contributed by atoms with van der Waals surface area (Å²) in [6.07, 6.45) is 1.29. The number of nitrogens with zero attached hydrogens (tertiary/aromatic N) is 2. The summed E-state index contributed by atoms with van der Waals surface area (Å²) in [5.41, 5.74) is 5.28. The maximum Gasteiger partial charge on any atom is 0.416 e. The van der Waals surface area contributed by atoms with Crippen LogP contribution in [0, 0.1) is 6.92 Å². The molecule has 8 heteroatoms. The van der Waals surface area contributed by atoms with E-state index in [0.717, 1.165) is 72.7 Å². The van der Waals surface area contributed by atoms with Gasteiger partial charge in [0.05, 0.1) is 19.8 Å². The van der Waals surface area contributed by atoms with Crippen molar-refractivity contribution in [3.63, 3.8) is 0 Å². The van der Waals surface area contributed by atoms with Crippen molar-refractivity contribution in [1.29, 1.82) is 0 Å². The molecule has 4 aromatic rings. The van der Waals surface area contributed by atoms with Crippen molar-refractivity contribution < 1.29 is 19.0 Å². The summed E-state index contributed by atoms with van der Waals surface area (Å²) in [5, 5.41) is 1.79. The fourth-order valence-corrected chi connectivity index (χ4v) is 5.79. The predicted molar refractivity (Wildman–Crippen MR) is 157 cm³/mol. The molecule has 6 rings (SSSR count). The van der Waals surface area contributed by atoms with Gasteiger partial charge >= 0.3 is 6.09 Å². The van der Waals surface area contributed by atoms with E-state index in [1.165, 1.54) is 5.56 Å². The first kappa shape index (κ1) is 26.7. The smallest absolute Gasteiger partial charge is 0.416 e. The summed E-state index contributed by atoms with van der Waals surface area (Å²) in [6, 6.07) is 21.1. The summed E-state index contributed by atoms with van der Waals surface area (Å²) in [5.74, 6) is 1.35. The average molecular weight is 560 g/mol. The molecule has 1 amide bonds. The lowest BCUT2D eigenvalue weighted by Gasteiger charge is -2.35. The Labute approximate surface area is 239 Å². The zero-order valence-corrected chi connectivity index (χ0v) is 23.5. The number of amides is 1. The molecule has 0 saturated carbocycles. The monoisotopic (exact) mass is 559 g/mol. The minimum absolute atomic E-state index is 0.330. The van der Waals surface area contributed by atoms with Gasteiger partial charge in [-0.15, -0.1) is 0 Å². The number of aromatic nitrogens is 1. The number of carbonyl (C=O) groups excluding carboxylic acids is 1. The van der Waals surface area contributed by atoms with Crippen molar-refractivity contribution in [1.82, 2.24) is 14.8 Å². The minimum atomic E-state index is -0.375. The summed E-state index contributed by atoms with van der Waals surface area (Å²) in [4.78, 5) is 21.3. The molecule has 208 valence electrons. The van der Waals surface area contributed by atoms with Gasteiger partial charge in [-0.05, 0) is 73.4 Å². The largest absolute Gasteiger partial charge is 0.494 e. The van der Waals surface area contributed by atoms with Crippen molar-refractivity contribution in [3.05, 3.63) is 94.1 Å². The topological polar surface area (TPSA) is 67.0 Å². The predicted octanol–water partition coefficient (Wildman–Crippen LogP) is 6.38. The van der Waals surface area contributed by atoms with E-state index in [0.29, 0.717) is 30.3 Å². The number of H-pyrrole nitrogens is 1. The number of fused-ring (bicyclic) bond motifs is 3. The number of morpholine rings is 1. The molecular weight excluding hydrogens is 526 g/mol. The summed E-state index contributed by atoms with van der Waals surface area (Å²) < 4.78 is 17.3. The molecule has 1 saturated heterocycles. The Morgan fingerprint density at radius 1 is 1.00 bits per heavy atom. The van der Waals surface area contributed by atoms with Crippen LogP contribution < -0.4 is 9.47 Å². The Bertz CT molecular complexity index is 1460. The highest BCUT2D eigenvalue weighted by Gasteiger charge is 2.35. The van der Waals surface area contributed by atoms with Crippen LogP contribution in [0.25, 0.3) is 10.9 Å². The van der Waals surface area contributed by atoms with Gasteiger partial charge in [0, 0.05) is 47.8 Å². The number of rotatable bonds is 7. The number of ether oxygens (including phenoxy) is 3. The molecule has 0 bridgehead atoms. The lowest BCUT2D eigenvalue weighted by atomic mass is 9.92. The molecule has 0 radical (unpaired) electrons. The molecule has 3 aromatic carbocycles. The second-order valence-electron chi connectivity index (χ2n) is 10.5. The van der Waals surface area contributed by atoms with Crippen LogP contribution >= 0.6 is 11.6 Å². The molecule has 40 heavy (non-hydrogen) atoms. The first-order chi connectivity index (χ1) is 19.5. The molecule has 1 atom stereocenters. The molecule has 1 N–H and O–H groups in total. The molecule has 2 aliphatic rings.